The van der Waals surface area contributed by atoms with E-state index >= 15 is 0 Å². The number of hydrogen-bond acceptors (Lipinski definition) is 3. The zero-order valence-electron chi connectivity index (χ0n) is 13.8. The Bertz CT molecular complexity index is 882. The molecule has 0 aliphatic carbocycles. The molecule has 1 aromatic heterocycles. The molecule has 2 aromatic carbocycles. The first-order valence-electron chi connectivity index (χ1n) is 8.02. The number of nitrogens with zero attached hydrogens (tertiary/aromatic N) is 3. The summed E-state index contributed by atoms with van der Waals surface area (Å²) in [6.07, 6.45) is 2.53. The molecule has 3 rings (SSSR count). The van der Waals surface area contributed by atoms with Crippen LogP contribution in [0.15, 0.2) is 54.9 Å². The molecule has 0 atom stereocenters. The van der Waals surface area contributed by atoms with Gasteiger partial charge in [0.25, 0.3) is 0 Å². The number of anilines is 1. The first kappa shape index (κ1) is 18.6. The van der Waals surface area contributed by atoms with Gasteiger partial charge in [-0.25, -0.2) is 9.67 Å². The number of aromatic nitrogens is 3. The van der Waals surface area contributed by atoms with Gasteiger partial charge < -0.3 is 5.32 Å². The molecule has 0 radical (unpaired) electrons. The zero-order chi connectivity index (χ0) is 18.4. The van der Waals surface area contributed by atoms with Gasteiger partial charge in [0.15, 0.2) is 5.11 Å². The van der Waals surface area contributed by atoms with E-state index in [0.29, 0.717) is 27.7 Å². The van der Waals surface area contributed by atoms with Crippen molar-refractivity contribution in [2.75, 3.05) is 11.9 Å². The van der Waals surface area contributed by atoms with Crippen molar-refractivity contribution < 1.29 is 0 Å². The van der Waals surface area contributed by atoms with Gasteiger partial charge in [-0.05, 0) is 41.9 Å². The monoisotopic (exact) mass is 405 g/mol. The Hall–Kier alpha value is -2.15. The largest absolute Gasteiger partial charge is 0.362 e. The quantitative estimate of drug-likeness (QED) is 0.602. The predicted octanol–water partition coefficient (Wildman–Crippen LogP) is 4.16. The van der Waals surface area contributed by atoms with Crippen molar-refractivity contribution >= 4 is 46.5 Å². The van der Waals surface area contributed by atoms with Crippen molar-refractivity contribution in [1.29, 1.82) is 0 Å². The molecule has 0 aliphatic rings. The molecular weight excluding hydrogens is 389 g/mol. The second-order valence-corrected chi connectivity index (χ2v) is 6.85. The first-order chi connectivity index (χ1) is 12.6. The van der Waals surface area contributed by atoms with E-state index in [2.05, 4.69) is 32.8 Å². The van der Waals surface area contributed by atoms with Crippen LogP contribution in [-0.4, -0.2) is 26.4 Å². The summed E-state index contributed by atoms with van der Waals surface area (Å²) in [6.45, 7) is 1.28. The molecular formula is C18H17Cl2N5S. The van der Waals surface area contributed by atoms with Crippen LogP contribution in [0.2, 0.25) is 10.0 Å². The molecule has 5 nitrogen and oxygen atoms in total. The molecule has 0 saturated carbocycles. The summed E-state index contributed by atoms with van der Waals surface area (Å²) in [7, 11) is 0. The van der Waals surface area contributed by atoms with Crippen LogP contribution >= 0.6 is 35.4 Å². The molecule has 2 N–H and O–H groups in total. The number of thiocarbonyl (C=S) groups is 1. The molecule has 0 saturated heterocycles. The van der Waals surface area contributed by atoms with Crippen molar-refractivity contribution in [2.45, 2.75) is 13.0 Å². The van der Waals surface area contributed by atoms with Gasteiger partial charge >= 0.3 is 0 Å². The third-order valence-corrected chi connectivity index (χ3v) is 4.62. The van der Waals surface area contributed by atoms with E-state index in [1.807, 2.05) is 30.3 Å². The van der Waals surface area contributed by atoms with E-state index in [4.69, 9.17) is 35.4 Å². The molecule has 3 aromatic rings. The van der Waals surface area contributed by atoms with Gasteiger partial charge in [0.2, 0.25) is 5.95 Å². The molecule has 134 valence electrons. The summed E-state index contributed by atoms with van der Waals surface area (Å²) in [5.41, 5.74) is 2.24. The van der Waals surface area contributed by atoms with Crippen LogP contribution < -0.4 is 10.6 Å². The molecule has 0 bridgehead atoms. The fourth-order valence-electron chi connectivity index (χ4n) is 2.36. The second kappa shape index (κ2) is 8.98. The van der Waals surface area contributed by atoms with Crippen molar-refractivity contribution in [3.8, 4) is 0 Å². The summed E-state index contributed by atoms with van der Waals surface area (Å²) in [4.78, 5) is 4.21. The van der Waals surface area contributed by atoms with Crippen LogP contribution in [-0.2, 0) is 13.0 Å². The van der Waals surface area contributed by atoms with E-state index in [9.17, 15) is 0 Å². The van der Waals surface area contributed by atoms with Crippen molar-refractivity contribution in [1.82, 2.24) is 20.1 Å². The summed E-state index contributed by atoms with van der Waals surface area (Å²) in [5, 5.41) is 12.0. The number of benzene rings is 2. The molecule has 0 fully saturated rings. The Morgan fingerprint density at radius 3 is 2.62 bits per heavy atom. The number of hydrogen-bond donors (Lipinski definition) is 2. The van der Waals surface area contributed by atoms with Crippen LogP contribution in [0.5, 0.6) is 0 Å². The Balaban J connectivity index is 1.48. The molecule has 0 unspecified atom stereocenters. The minimum atomic E-state index is 0.447. The highest BCUT2D eigenvalue weighted by atomic mass is 35.5. The average Bonchev–Trinajstić information content (AvgIpc) is 3.06. The lowest BCUT2D eigenvalue weighted by atomic mass is 10.1. The third kappa shape index (κ3) is 5.42. The van der Waals surface area contributed by atoms with Gasteiger partial charge in [0.1, 0.15) is 6.33 Å². The lowest BCUT2D eigenvalue weighted by Gasteiger charge is -2.08. The van der Waals surface area contributed by atoms with Crippen molar-refractivity contribution in [2.24, 2.45) is 0 Å². The van der Waals surface area contributed by atoms with Crippen LogP contribution in [0.4, 0.5) is 5.95 Å². The molecule has 0 aliphatic heterocycles. The fourth-order valence-corrected chi connectivity index (χ4v) is 2.88. The van der Waals surface area contributed by atoms with Crippen molar-refractivity contribution in [3.63, 3.8) is 0 Å². The van der Waals surface area contributed by atoms with Crippen LogP contribution in [0.1, 0.15) is 11.1 Å². The Morgan fingerprint density at radius 1 is 1.04 bits per heavy atom. The van der Waals surface area contributed by atoms with Gasteiger partial charge in [-0.1, -0.05) is 59.6 Å². The molecule has 0 spiro atoms. The van der Waals surface area contributed by atoms with E-state index in [-0.39, 0.29) is 0 Å². The molecule has 26 heavy (non-hydrogen) atoms. The van der Waals surface area contributed by atoms with Crippen LogP contribution in [0.25, 0.3) is 0 Å². The maximum Gasteiger partial charge on any atom is 0.248 e. The minimum absolute atomic E-state index is 0.447. The van der Waals surface area contributed by atoms with Gasteiger partial charge in [0, 0.05) is 6.54 Å². The standard InChI is InChI=1S/C18H17Cl2N5S/c19-15-7-6-14(10-16(15)20)11-25-12-22-17(24-25)23-18(26)21-9-8-13-4-2-1-3-5-13/h1-7,10,12H,8-9,11H2,(H2,21,23,24,26). The van der Waals surface area contributed by atoms with E-state index in [1.165, 1.54) is 5.56 Å². The molecule has 0 amide bonds. The predicted molar refractivity (Wildman–Crippen MR) is 110 cm³/mol. The van der Waals surface area contributed by atoms with Gasteiger partial charge in [0.05, 0.1) is 16.6 Å². The SMILES string of the molecule is S=C(NCCc1ccccc1)Nc1ncn(Cc2ccc(Cl)c(Cl)c2)n1. The van der Waals surface area contributed by atoms with Gasteiger partial charge in [-0.2, -0.15) is 0 Å². The summed E-state index contributed by atoms with van der Waals surface area (Å²) >= 11 is 17.2. The number of rotatable bonds is 6. The Labute approximate surface area is 167 Å². The fraction of sp³-hybridized carbons (Fsp3) is 0.167. The smallest absolute Gasteiger partial charge is 0.248 e. The number of nitrogens with one attached hydrogen (secondary N) is 2. The summed E-state index contributed by atoms with van der Waals surface area (Å²) in [5.74, 6) is 0.447. The van der Waals surface area contributed by atoms with Crippen LogP contribution in [0, 0.1) is 0 Å². The van der Waals surface area contributed by atoms with Crippen LogP contribution in [0.3, 0.4) is 0 Å². The lowest BCUT2D eigenvalue weighted by Crippen LogP contribution is -2.30. The average molecular weight is 406 g/mol. The molecule has 1 heterocycles. The Morgan fingerprint density at radius 2 is 1.85 bits per heavy atom. The summed E-state index contributed by atoms with van der Waals surface area (Å²) in [6, 6.07) is 15.7. The Kier molecular flexibility index (Phi) is 6.44. The minimum Gasteiger partial charge on any atom is -0.362 e. The maximum absolute atomic E-state index is 6.03. The van der Waals surface area contributed by atoms with Crippen molar-refractivity contribution in [3.05, 3.63) is 76.0 Å². The maximum atomic E-state index is 6.03. The first-order valence-corrected chi connectivity index (χ1v) is 9.19. The van der Waals surface area contributed by atoms with E-state index in [0.717, 1.165) is 18.5 Å². The highest BCUT2D eigenvalue weighted by Gasteiger charge is 2.05. The third-order valence-electron chi connectivity index (χ3n) is 3.63. The van der Waals surface area contributed by atoms with Gasteiger partial charge in [-0.15, -0.1) is 5.10 Å². The molecule has 8 heteroatoms. The highest BCUT2D eigenvalue weighted by molar-refractivity contribution is 7.80. The summed E-state index contributed by atoms with van der Waals surface area (Å²) < 4.78 is 1.70. The van der Waals surface area contributed by atoms with Gasteiger partial charge in [-0.3, -0.25) is 5.32 Å². The number of halogens is 2. The highest BCUT2D eigenvalue weighted by Crippen LogP contribution is 2.22. The normalized spacial score (nSPS) is 10.5. The van der Waals surface area contributed by atoms with E-state index in [1.54, 1.807) is 17.1 Å². The second-order valence-electron chi connectivity index (χ2n) is 5.63. The lowest BCUT2D eigenvalue weighted by molar-refractivity contribution is 0.687. The topological polar surface area (TPSA) is 54.8 Å². The zero-order valence-corrected chi connectivity index (χ0v) is 16.2. The van der Waals surface area contributed by atoms with E-state index < -0.39 is 0 Å².